The Morgan fingerprint density at radius 2 is 1.29 bits per heavy atom. The summed E-state index contributed by atoms with van der Waals surface area (Å²) in [6.07, 6.45) is -2.41. The molecule has 0 unspecified atom stereocenters. The molecule has 0 spiro atoms. The van der Waals surface area contributed by atoms with E-state index in [1.165, 1.54) is 60.3 Å². The van der Waals surface area contributed by atoms with Crippen LogP contribution in [0, 0.1) is 20.2 Å². The second-order valence-electron chi connectivity index (χ2n) is 7.83. The van der Waals surface area contributed by atoms with Crippen LogP contribution in [0.1, 0.15) is 23.3 Å². The number of nitro benzene ring substituents is 2. The van der Waals surface area contributed by atoms with E-state index in [2.05, 4.69) is 0 Å². The number of hydrogen-bond acceptors (Lipinski definition) is 11. The number of nitro groups is 2. The average molecular weight is 525 g/mol. The summed E-state index contributed by atoms with van der Waals surface area (Å²) < 4.78 is 0.391. The van der Waals surface area contributed by atoms with Crippen molar-refractivity contribution < 1.29 is 30.3 Å². The van der Waals surface area contributed by atoms with Gasteiger partial charge in [-0.25, -0.2) is 0 Å². The van der Waals surface area contributed by atoms with Gasteiger partial charge >= 0.3 is 0 Å². The number of aliphatic hydroxyl groups is 4. The van der Waals surface area contributed by atoms with Crippen LogP contribution in [0.5, 0.6) is 0 Å². The highest BCUT2D eigenvalue weighted by Gasteiger charge is 2.37. The SMILES string of the molecule is O=[N+]([O-])c1ccc([C@@H](O)[C@@H](CO)N2CSC(=S)N([C@@H](CO)[C@@H](O)c3ccc([N+](=O)[O-])cc3)C2)cc1. The minimum Gasteiger partial charge on any atom is -0.395 e. The van der Waals surface area contributed by atoms with Crippen LogP contribution >= 0.6 is 24.0 Å². The third-order valence-electron chi connectivity index (χ3n) is 5.79. The summed E-state index contributed by atoms with van der Waals surface area (Å²) in [5, 5.41) is 63.7. The molecule has 12 nitrogen and oxygen atoms in total. The minimum atomic E-state index is -1.23. The summed E-state index contributed by atoms with van der Waals surface area (Å²) >= 11 is 6.65. The zero-order valence-electron chi connectivity index (χ0n) is 18.3. The molecule has 4 atom stereocenters. The number of thioether (sulfide) groups is 1. The van der Waals surface area contributed by atoms with Gasteiger partial charge in [0.05, 0.1) is 53.8 Å². The quantitative estimate of drug-likeness (QED) is 0.201. The van der Waals surface area contributed by atoms with Crippen LogP contribution < -0.4 is 0 Å². The number of rotatable bonds is 10. The number of nitrogens with zero attached hydrogens (tertiary/aromatic N) is 4. The second kappa shape index (κ2) is 11.8. The van der Waals surface area contributed by atoms with E-state index in [1.807, 2.05) is 0 Å². The van der Waals surface area contributed by atoms with Crippen molar-refractivity contribution in [3.05, 3.63) is 79.9 Å². The highest BCUT2D eigenvalue weighted by Crippen LogP contribution is 2.32. The van der Waals surface area contributed by atoms with Crippen molar-refractivity contribution in [2.75, 3.05) is 25.8 Å². The van der Waals surface area contributed by atoms with Gasteiger partial charge in [-0.1, -0.05) is 24.0 Å². The number of aliphatic hydroxyl groups excluding tert-OH is 4. The molecule has 0 saturated carbocycles. The van der Waals surface area contributed by atoms with E-state index in [0.717, 1.165) is 0 Å². The summed E-state index contributed by atoms with van der Waals surface area (Å²) in [5.41, 5.74) is 0.466. The maximum atomic E-state index is 10.9. The lowest BCUT2D eigenvalue weighted by molar-refractivity contribution is -0.385. The zero-order valence-corrected chi connectivity index (χ0v) is 19.9. The Kier molecular flexibility index (Phi) is 9.07. The Balaban J connectivity index is 1.78. The molecule has 0 bridgehead atoms. The number of non-ortho nitro benzene ring substituents is 2. The molecule has 2 aromatic carbocycles. The summed E-state index contributed by atoms with van der Waals surface area (Å²) in [4.78, 5) is 24.0. The van der Waals surface area contributed by atoms with Crippen molar-refractivity contribution in [1.82, 2.24) is 9.80 Å². The fraction of sp³-hybridized carbons (Fsp3) is 0.381. The molecule has 1 heterocycles. The maximum Gasteiger partial charge on any atom is 0.269 e. The Hall–Kier alpha value is -2.72. The number of hydrogen-bond donors (Lipinski definition) is 4. The van der Waals surface area contributed by atoms with Gasteiger partial charge in [0.1, 0.15) is 10.4 Å². The third-order valence-corrected chi connectivity index (χ3v) is 7.32. The molecule has 0 aliphatic carbocycles. The summed E-state index contributed by atoms with van der Waals surface area (Å²) in [7, 11) is 0. The molecule has 3 rings (SSSR count). The van der Waals surface area contributed by atoms with Crippen molar-refractivity contribution in [2.45, 2.75) is 24.3 Å². The molecule has 1 aliphatic rings. The summed E-state index contributed by atoms with van der Waals surface area (Å²) in [5.74, 6) is 0.316. The van der Waals surface area contributed by atoms with E-state index in [-0.39, 0.29) is 18.0 Å². The average Bonchev–Trinajstić information content (AvgIpc) is 2.86. The van der Waals surface area contributed by atoms with E-state index in [4.69, 9.17) is 12.2 Å². The Labute approximate surface area is 209 Å². The standard InChI is InChI=1S/C21H24N4O8S2/c26-9-17(19(28)13-1-5-15(6-2-13)24(30)31)22-11-23(21(34)35-12-22)18(10-27)20(29)14-3-7-16(8-4-14)25(32)33/h1-8,17-20,26-29H,9-12H2/t17-,18+,19-,20+/m1/s1. The minimum absolute atomic E-state index is 0.0658. The zero-order chi connectivity index (χ0) is 25.7. The molecule has 1 fully saturated rings. The van der Waals surface area contributed by atoms with Crippen LogP contribution in [0.3, 0.4) is 0 Å². The van der Waals surface area contributed by atoms with Gasteiger partial charge in [-0.3, -0.25) is 25.1 Å². The Bertz CT molecular complexity index is 1060. The molecule has 2 aromatic rings. The molecule has 1 saturated heterocycles. The van der Waals surface area contributed by atoms with Gasteiger partial charge in [-0.05, 0) is 35.4 Å². The highest BCUT2D eigenvalue weighted by molar-refractivity contribution is 8.22. The summed E-state index contributed by atoms with van der Waals surface area (Å²) in [6.45, 7) is -0.855. The third kappa shape index (κ3) is 6.10. The Morgan fingerprint density at radius 3 is 1.69 bits per heavy atom. The normalized spacial score (nSPS) is 18.1. The van der Waals surface area contributed by atoms with Gasteiger partial charge in [0.2, 0.25) is 0 Å². The van der Waals surface area contributed by atoms with E-state index in [9.17, 15) is 40.7 Å². The lowest BCUT2D eigenvalue weighted by Crippen LogP contribution is -2.56. The van der Waals surface area contributed by atoms with E-state index in [0.29, 0.717) is 21.3 Å². The van der Waals surface area contributed by atoms with Gasteiger partial charge < -0.3 is 25.3 Å². The van der Waals surface area contributed by atoms with E-state index in [1.54, 1.807) is 9.80 Å². The van der Waals surface area contributed by atoms with Gasteiger partial charge in [-0.15, -0.1) is 0 Å². The van der Waals surface area contributed by atoms with Crippen LogP contribution in [0.2, 0.25) is 0 Å². The molecule has 0 amide bonds. The molecule has 4 N–H and O–H groups in total. The van der Waals surface area contributed by atoms with E-state index >= 15 is 0 Å². The molecular formula is C21H24N4O8S2. The largest absolute Gasteiger partial charge is 0.395 e. The second-order valence-corrected chi connectivity index (χ2v) is 9.40. The predicted octanol–water partition coefficient (Wildman–Crippen LogP) is 1.54. The molecule has 14 heteroatoms. The first kappa shape index (κ1) is 26.9. The number of benzene rings is 2. The Morgan fingerprint density at radius 1 is 0.857 bits per heavy atom. The smallest absolute Gasteiger partial charge is 0.269 e. The van der Waals surface area contributed by atoms with Crippen molar-refractivity contribution in [1.29, 1.82) is 0 Å². The molecule has 0 radical (unpaired) electrons. The van der Waals surface area contributed by atoms with Gasteiger partial charge in [0.25, 0.3) is 11.4 Å². The first-order chi connectivity index (χ1) is 16.7. The fourth-order valence-electron chi connectivity index (χ4n) is 3.77. The number of thiocarbonyl (C=S) groups is 1. The van der Waals surface area contributed by atoms with Crippen molar-refractivity contribution >= 4 is 39.7 Å². The molecule has 35 heavy (non-hydrogen) atoms. The fourth-order valence-corrected chi connectivity index (χ4v) is 5.03. The first-order valence-electron chi connectivity index (χ1n) is 10.4. The van der Waals surface area contributed by atoms with Crippen LogP contribution in [0.4, 0.5) is 11.4 Å². The van der Waals surface area contributed by atoms with Crippen molar-refractivity contribution in [3.8, 4) is 0 Å². The van der Waals surface area contributed by atoms with Crippen LogP contribution in [0.15, 0.2) is 48.5 Å². The molecule has 188 valence electrons. The monoisotopic (exact) mass is 524 g/mol. The molecular weight excluding hydrogens is 500 g/mol. The van der Waals surface area contributed by atoms with Crippen LogP contribution in [-0.2, 0) is 0 Å². The van der Waals surface area contributed by atoms with Crippen LogP contribution in [0.25, 0.3) is 0 Å². The maximum absolute atomic E-state index is 10.9. The van der Waals surface area contributed by atoms with E-state index < -0.39 is 47.4 Å². The van der Waals surface area contributed by atoms with Crippen molar-refractivity contribution in [2.24, 2.45) is 0 Å². The lowest BCUT2D eigenvalue weighted by atomic mass is 10.0. The van der Waals surface area contributed by atoms with Gasteiger partial charge in [0, 0.05) is 24.3 Å². The molecule has 1 aliphatic heterocycles. The topological polar surface area (TPSA) is 174 Å². The lowest BCUT2D eigenvalue weighted by Gasteiger charge is -2.45. The van der Waals surface area contributed by atoms with Crippen molar-refractivity contribution in [3.63, 3.8) is 0 Å². The van der Waals surface area contributed by atoms with Gasteiger partial charge in [0.15, 0.2) is 0 Å². The van der Waals surface area contributed by atoms with Crippen LogP contribution in [-0.4, -0.2) is 82.2 Å². The predicted molar refractivity (Wildman–Crippen MR) is 131 cm³/mol. The highest BCUT2D eigenvalue weighted by atomic mass is 32.2. The van der Waals surface area contributed by atoms with Gasteiger partial charge in [-0.2, -0.15) is 0 Å². The first-order valence-corrected chi connectivity index (χ1v) is 11.8. The molecule has 0 aromatic heterocycles. The summed E-state index contributed by atoms with van der Waals surface area (Å²) in [6, 6.07) is 8.98.